The Morgan fingerprint density at radius 3 is 2.67 bits per heavy atom. The summed E-state index contributed by atoms with van der Waals surface area (Å²) in [4.78, 5) is 23.0. The molecule has 1 atom stereocenters. The zero-order valence-corrected chi connectivity index (χ0v) is 11.2. The number of nitrogens with one attached hydrogen (secondary N) is 1. The van der Waals surface area contributed by atoms with Crippen LogP contribution in [0.4, 0.5) is 4.79 Å². The van der Waals surface area contributed by atoms with E-state index >= 15 is 0 Å². The summed E-state index contributed by atoms with van der Waals surface area (Å²) in [5.41, 5.74) is -0.653. The fourth-order valence-electron chi connectivity index (χ4n) is 1.01. The molecule has 0 aromatic carbocycles. The van der Waals surface area contributed by atoms with E-state index < -0.39 is 23.7 Å². The van der Waals surface area contributed by atoms with Gasteiger partial charge in [0.2, 0.25) is 0 Å². The van der Waals surface area contributed by atoms with Crippen molar-refractivity contribution in [3.05, 3.63) is 12.6 Å². The summed E-state index contributed by atoms with van der Waals surface area (Å²) < 4.78 is 21.5. The number of esters is 1. The number of amides is 1. The topological polar surface area (TPSA) is 73.9 Å². The van der Waals surface area contributed by atoms with Gasteiger partial charge in [-0.05, 0) is 20.8 Å². The minimum Gasteiger partial charge on any atom is -0.467 e. The first-order valence-corrected chi connectivity index (χ1v) is 5.48. The van der Waals surface area contributed by atoms with E-state index in [0.29, 0.717) is 0 Å². The third-order valence-electron chi connectivity index (χ3n) is 1.68. The summed E-state index contributed by atoms with van der Waals surface area (Å²) in [6.07, 6.45) is 0.740. The Balaban J connectivity index is 4.35. The van der Waals surface area contributed by atoms with E-state index in [1.165, 1.54) is 13.2 Å². The highest BCUT2D eigenvalue weighted by Crippen LogP contribution is 2.07. The normalized spacial score (nSPS) is 13.9. The standard InChI is InChI=1S/C12H21NO5/c1-6-7-17-8-9(10(14)16-5)13-11(15)18-12(2,3)4/h6,9H,1,7-8H2,2-5H3,(H,13,15)/t9-/m0/s1/i1D. The maximum absolute atomic E-state index is 11.5. The minimum atomic E-state index is -0.945. The van der Waals surface area contributed by atoms with Crippen molar-refractivity contribution < 1.29 is 25.2 Å². The van der Waals surface area contributed by atoms with Gasteiger partial charge in [0.05, 0.1) is 21.7 Å². The van der Waals surface area contributed by atoms with Crippen LogP contribution in [0.1, 0.15) is 22.1 Å². The summed E-state index contributed by atoms with van der Waals surface area (Å²) in [5.74, 6) is -0.624. The third kappa shape index (κ3) is 7.67. The molecule has 1 amide bonds. The second-order valence-electron chi connectivity index (χ2n) is 4.50. The number of hydrogen-bond acceptors (Lipinski definition) is 5. The third-order valence-corrected chi connectivity index (χ3v) is 1.68. The van der Waals surface area contributed by atoms with Gasteiger partial charge in [0.25, 0.3) is 0 Å². The highest BCUT2D eigenvalue weighted by Gasteiger charge is 2.24. The van der Waals surface area contributed by atoms with Crippen LogP contribution in [-0.2, 0) is 19.0 Å². The summed E-state index contributed by atoms with van der Waals surface area (Å²) in [5, 5.41) is 2.37. The van der Waals surface area contributed by atoms with Crippen LogP contribution < -0.4 is 5.32 Å². The van der Waals surface area contributed by atoms with Crippen molar-refractivity contribution in [2.24, 2.45) is 0 Å². The van der Waals surface area contributed by atoms with Gasteiger partial charge >= 0.3 is 12.1 Å². The molecule has 0 aromatic heterocycles. The van der Waals surface area contributed by atoms with Crippen LogP contribution in [0.25, 0.3) is 0 Å². The Morgan fingerprint density at radius 2 is 2.17 bits per heavy atom. The van der Waals surface area contributed by atoms with Crippen LogP contribution in [0, 0.1) is 0 Å². The van der Waals surface area contributed by atoms with Gasteiger partial charge in [-0.15, -0.1) is 6.55 Å². The molecule has 0 aliphatic heterocycles. The highest BCUT2D eigenvalue weighted by atomic mass is 16.6. The predicted octanol–water partition coefficient (Wildman–Crippen LogP) is 1.26. The molecule has 0 unspecified atom stereocenters. The monoisotopic (exact) mass is 260 g/mol. The van der Waals surface area contributed by atoms with Gasteiger partial charge in [-0.25, -0.2) is 9.59 Å². The second-order valence-corrected chi connectivity index (χ2v) is 4.50. The average Bonchev–Trinajstić information content (AvgIpc) is 2.29. The molecule has 6 heteroatoms. The molecule has 0 aliphatic rings. The molecule has 104 valence electrons. The van der Waals surface area contributed by atoms with Gasteiger partial charge in [-0.1, -0.05) is 6.08 Å². The van der Waals surface area contributed by atoms with E-state index in [4.69, 9.17) is 10.8 Å². The molecule has 1 N–H and O–H groups in total. The van der Waals surface area contributed by atoms with Gasteiger partial charge in [0.15, 0.2) is 6.04 Å². The van der Waals surface area contributed by atoms with Crippen molar-refractivity contribution in [2.75, 3.05) is 20.3 Å². The molecule has 0 aliphatic carbocycles. The van der Waals surface area contributed by atoms with Crippen LogP contribution in [0.15, 0.2) is 12.6 Å². The van der Waals surface area contributed by atoms with Gasteiger partial charge < -0.3 is 19.5 Å². The van der Waals surface area contributed by atoms with Crippen molar-refractivity contribution >= 4 is 12.1 Å². The zero-order chi connectivity index (χ0) is 14.9. The summed E-state index contributed by atoms with van der Waals surface area (Å²) in [7, 11) is 1.22. The number of rotatable bonds is 6. The maximum Gasteiger partial charge on any atom is 0.408 e. The van der Waals surface area contributed by atoms with Crippen LogP contribution in [-0.4, -0.2) is 44.0 Å². The minimum absolute atomic E-state index is 0.0593. The van der Waals surface area contributed by atoms with E-state index in [2.05, 4.69) is 10.1 Å². The molecule has 0 heterocycles. The van der Waals surface area contributed by atoms with E-state index in [9.17, 15) is 9.59 Å². The van der Waals surface area contributed by atoms with E-state index in [-0.39, 0.29) is 13.2 Å². The molecule has 0 bridgehead atoms. The van der Waals surface area contributed by atoms with Crippen molar-refractivity contribution in [3.8, 4) is 0 Å². The molecule has 6 nitrogen and oxygen atoms in total. The average molecular weight is 260 g/mol. The Bertz CT molecular complexity index is 325. The lowest BCUT2D eigenvalue weighted by molar-refractivity contribution is -0.144. The maximum atomic E-state index is 11.5. The Morgan fingerprint density at radius 1 is 1.50 bits per heavy atom. The number of carbonyl (C=O) groups is 2. The van der Waals surface area contributed by atoms with E-state index in [0.717, 1.165) is 6.55 Å². The Hall–Kier alpha value is -1.56. The predicted molar refractivity (Wildman–Crippen MR) is 66.2 cm³/mol. The van der Waals surface area contributed by atoms with Crippen molar-refractivity contribution in [1.29, 1.82) is 0 Å². The smallest absolute Gasteiger partial charge is 0.408 e. The first-order chi connectivity index (χ1) is 8.80. The fraction of sp³-hybridized carbons (Fsp3) is 0.667. The van der Waals surface area contributed by atoms with E-state index in [1.54, 1.807) is 20.8 Å². The van der Waals surface area contributed by atoms with Crippen molar-refractivity contribution in [3.63, 3.8) is 0 Å². The SMILES string of the molecule is [2H]C=CCOC[C@H](NC(=O)OC(C)(C)C)C(=O)OC. The first-order valence-electron chi connectivity index (χ1n) is 6.06. The number of alkyl carbamates (subject to hydrolysis) is 1. The lowest BCUT2D eigenvalue weighted by Gasteiger charge is -2.22. The molecule has 0 fully saturated rings. The number of hydrogen-bond donors (Lipinski definition) is 1. The van der Waals surface area contributed by atoms with Crippen molar-refractivity contribution in [2.45, 2.75) is 32.4 Å². The molecular weight excluding hydrogens is 238 g/mol. The molecule has 0 spiro atoms. The number of ether oxygens (including phenoxy) is 3. The summed E-state index contributed by atoms with van der Waals surface area (Å²) >= 11 is 0. The van der Waals surface area contributed by atoms with E-state index in [1.807, 2.05) is 0 Å². The second kappa shape index (κ2) is 7.71. The largest absolute Gasteiger partial charge is 0.467 e. The molecule has 0 rings (SSSR count). The van der Waals surface area contributed by atoms with Gasteiger partial charge in [0, 0.05) is 0 Å². The van der Waals surface area contributed by atoms with Gasteiger partial charge in [-0.2, -0.15) is 0 Å². The Kier molecular flexibility index (Phi) is 6.21. The first kappa shape index (κ1) is 14.5. The molecule has 18 heavy (non-hydrogen) atoms. The lowest BCUT2D eigenvalue weighted by Crippen LogP contribution is -2.46. The fourth-order valence-corrected chi connectivity index (χ4v) is 1.01. The zero-order valence-electron chi connectivity index (χ0n) is 12.2. The molecule has 0 saturated carbocycles. The summed E-state index contributed by atoms with van der Waals surface area (Å²) in [6.45, 7) is 6.34. The van der Waals surface area contributed by atoms with Crippen LogP contribution in [0.3, 0.4) is 0 Å². The highest BCUT2D eigenvalue weighted by molar-refractivity contribution is 5.81. The van der Waals surface area contributed by atoms with Gasteiger partial charge in [-0.3, -0.25) is 0 Å². The molecular formula is C12H21NO5. The number of methoxy groups -OCH3 is 1. The molecule has 0 aromatic rings. The molecule has 0 radical (unpaired) electrons. The molecule has 0 saturated heterocycles. The van der Waals surface area contributed by atoms with Crippen LogP contribution >= 0.6 is 0 Å². The summed E-state index contributed by atoms with van der Waals surface area (Å²) in [6, 6.07) is -0.945. The van der Waals surface area contributed by atoms with Crippen LogP contribution in [0.5, 0.6) is 0 Å². The van der Waals surface area contributed by atoms with Crippen LogP contribution in [0.2, 0.25) is 0 Å². The number of carbonyl (C=O) groups excluding carboxylic acids is 2. The quantitative estimate of drug-likeness (QED) is 0.442. The van der Waals surface area contributed by atoms with Gasteiger partial charge in [0.1, 0.15) is 5.60 Å². The Labute approximate surface area is 109 Å². The lowest BCUT2D eigenvalue weighted by atomic mass is 10.2. The van der Waals surface area contributed by atoms with Crippen molar-refractivity contribution in [1.82, 2.24) is 5.32 Å².